The number of nitrogens with zero attached hydrogens (tertiary/aromatic N) is 3. The van der Waals surface area contributed by atoms with Crippen molar-refractivity contribution >= 4 is 23.0 Å². The Hall–Kier alpha value is -2.93. The van der Waals surface area contributed by atoms with Crippen molar-refractivity contribution < 1.29 is 4.79 Å². The lowest BCUT2D eigenvalue weighted by Gasteiger charge is -2.28. The molecule has 31 heavy (non-hydrogen) atoms. The smallest absolute Gasteiger partial charge is 0.270 e. The summed E-state index contributed by atoms with van der Waals surface area (Å²) in [6.07, 6.45) is 9.55. The Morgan fingerprint density at radius 3 is 2.71 bits per heavy atom. The van der Waals surface area contributed by atoms with Gasteiger partial charge >= 0.3 is 0 Å². The quantitative estimate of drug-likeness (QED) is 0.711. The van der Waals surface area contributed by atoms with Crippen LogP contribution in [0.2, 0.25) is 0 Å². The Balaban J connectivity index is 1.40. The molecule has 3 aliphatic heterocycles. The molecular formula is C24H30N6O. The maximum absolute atomic E-state index is 13.0. The number of pyridine rings is 1. The normalized spacial score (nSPS) is 19.2. The molecule has 7 nitrogen and oxygen atoms in total. The lowest BCUT2D eigenvalue weighted by atomic mass is 9.98. The van der Waals surface area contributed by atoms with Gasteiger partial charge < -0.3 is 20.9 Å². The molecule has 0 unspecified atom stereocenters. The summed E-state index contributed by atoms with van der Waals surface area (Å²) in [5, 5.41) is 9.81. The SMILES string of the molecule is O=C(NC1CCNCC1)C1=NCNc2ccc(-c3cncc(N4CCCCC4)c3)cc21. The second-order valence-electron chi connectivity index (χ2n) is 8.58. The number of carbonyl (C=O) groups excluding carboxylic acids is 1. The van der Waals surface area contributed by atoms with Gasteiger partial charge in [0.1, 0.15) is 12.4 Å². The van der Waals surface area contributed by atoms with Crippen LogP contribution in [-0.2, 0) is 4.79 Å². The van der Waals surface area contributed by atoms with E-state index in [-0.39, 0.29) is 11.9 Å². The van der Waals surface area contributed by atoms with Crippen LogP contribution in [0, 0.1) is 0 Å². The number of amides is 1. The first-order valence-corrected chi connectivity index (χ1v) is 11.4. The summed E-state index contributed by atoms with van der Waals surface area (Å²) in [6.45, 7) is 4.49. The fourth-order valence-corrected chi connectivity index (χ4v) is 4.69. The lowest BCUT2D eigenvalue weighted by molar-refractivity contribution is -0.115. The third kappa shape index (κ3) is 4.42. The van der Waals surface area contributed by atoms with Crippen molar-refractivity contribution in [3.8, 4) is 11.1 Å². The van der Waals surface area contributed by atoms with Crippen LogP contribution in [0.5, 0.6) is 0 Å². The third-order valence-electron chi connectivity index (χ3n) is 6.45. The summed E-state index contributed by atoms with van der Waals surface area (Å²) >= 11 is 0. The van der Waals surface area contributed by atoms with E-state index >= 15 is 0 Å². The van der Waals surface area contributed by atoms with Gasteiger partial charge in [0.15, 0.2) is 0 Å². The Labute approximate surface area is 183 Å². The van der Waals surface area contributed by atoms with Crippen molar-refractivity contribution in [3.63, 3.8) is 0 Å². The van der Waals surface area contributed by atoms with Gasteiger partial charge in [0, 0.05) is 42.1 Å². The summed E-state index contributed by atoms with van der Waals surface area (Å²) in [7, 11) is 0. The van der Waals surface area contributed by atoms with Gasteiger partial charge in [-0.15, -0.1) is 0 Å². The van der Waals surface area contributed by atoms with Crippen molar-refractivity contribution in [2.45, 2.75) is 38.1 Å². The van der Waals surface area contributed by atoms with E-state index < -0.39 is 0 Å². The number of carbonyl (C=O) groups is 1. The predicted octanol–water partition coefficient (Wildman–Crippen LogP) is 2.78. The maximum atomic E-state index is 13.0. The van der Waals surface area contributed by atoms with E-state index in [9.17, 15) is 4.79 Å². The molecule has 0 aliphatic carbocycles. The number of aliphatic imine (C=N–C) groups is 1. The molecule has 1 aromatic carbocycles. The highest BCUT2D eigenvalue weighted by Crippen LogP contribution is 2.30. The van der Waals surface area contributed by atoms with Gasteiger partial charge in [-0.1, -0.05) is 6.07 Å². The van der Waals surface area contributed by atoms with Crippen LogP contribution in [0.15, 0.2) is 41.7 Å². The zero-order valence-electron chi connectivity index (χ0n) is 17.9. The molecule has 0 radical (unpaired) electrons. The van der Waals surface area contributed by atoms with Crippen molar-refractivity contribution in [1.82, 2.24) is 15.6 Å². The number of fused-ring (bicyclic) bond motifs is 1. The monoisotopic (exact) mass is 418 g/mol. The first-order valence-electron chi connectivity index (χ1n) is 11.4. The van der Waals surface area contributed by atoms with Gasteiger partial charge in [-0.3, -0.25) is 14.8 Å². The highest BCUT2D eigenvalue weighted by Gasteiger charge is 2.24. The van der Waals surface area contributed by atoms with Crippen LogP contribution < -0.4 is 20.9 Å². The van der Waals surface area contributed by atoms with Crippen LogP contribution in [-0.4, -0.2) is 55.5 Å². The minimum absolute atomic E-state index is 0.0769. The Morgan fingerprint density at radius 1 is 1.03 bits per heavy atom. The van der Waals surface area contributed by atoms with Crippen molar-refractivity contribution in [2.24, 2.45) is 4.99 Å². The molecule has 3 aliphatic rings. The van der Waals surface area contributed by atoms with Gasteiger partial charge in [-0.2, -0.15) is 0 Å². The molecule has 2 fully saturated rings. The molecule has 0 atom stereocenters. The summed E-state index contributed by atoms with van der Waals surface area (Å²) in [5.41, 5.74) is 5.62. The van der Waals surface area contributed by atoms with E-state index in [1.165, 1.54) is 24.9 Å². The van der Waals surface area contributed by atoms with E-state index in [1.807, 2.05) is 18.5 Å². The van der Waals surface area contributed by atoms with E-state index in [4.69, 9.17) is 0 Å². The van der Waals surface area contributed by atoms with E-state index in [0.29, 0.717) is 12.4 Å². The molecule has 7 heteroatoms. The number of benzene rings is 1. The van der Waals surface area contributed by atoms with Gasteiger partial charge in [0.05, 0.1) is 11.9 Å². The number of nitrogens with one attached hydrogen (secondary N) is 3. The maximum Gasteiger partial charge on any atom is 0.270 e. The molecule has 5 rings (SSSR count). The van der Waals surface area contributed by atoms with Crippen LogP contribution >= 0.6 is 0 Å². The molecule has 2 aromatic rings. The summed E-state index contributed by atoms with van der Waals surface area (Å²) < 4.78 is 0. The summed E-state index contributed by atoms with van der Waals surface area (Å²) in [5.74, 6) is -0.0769. The molecule has 1 aromatic heterocycles. The second kappa shape index (κ2) is 9.06. The zero-order valence-corrected chi connectivity index (χ0v) is 17.9. The minimum atomic E-state index is -0.0769. The third-order valence-corrected chi connectivity index (χ3v) is 6.45. The molecule has 0 spiro atoms. The number of rotatable bonds is 4. The highest BCUT2D eigenvalue weighted by molar-refractivity contribution is 6.47. The predicted molar refractivity (Wildman–Crippen MR) is 125 cm³/mol. The molecule has 3 N–H and O–H groups in total. The Morgan fingerprint density at radius 2 is 1.87 bits per heavy atom. The van der Waals surface area contributed by atoms with Crippen LogP contribution in [0.1, 0.15) is 37.7 Å². The summed E-state index contributed by atoms with van der Waals surface area (Å²) in [6, 6.07) is 8.63. The van der Waals surface area contributed by atoms with Gasteiger partial charge in [-0.05, 0) is 69.0 Å². The molecule has 0 saturated carbocycles. The summed E-state index contributed by atoms with van der Waals surface area (Å²) in [4.78, 5) is 24.5. The highest BCUT2D eigenvalue weighted by atomic mass is 16.2. The molecule has 162 valence electrons. The van der Waals surface area contributed by atoms with Crippen LogP contribution in [0.4, 0.5) is 11.4 Å². The standard InChI is InChI=1S/C24H30N6O/c31-24(29-19-6-8-25-9-7-19)23-21-13-17(4-5-22(21)27-16-28-23)18-12-20(15-26-14-18)30-10-2-1-3-11-30/h4-5,12-15,19,25,27H,1-3,6-11,16H2,(H,29,31). The van der Waals surface area contributed by atoms with Crippen LogP contribution in [0.3, 0.4) is 0 Å². The first kappa shape index (κ1) is 20.0. The molecule has 0 bridgehead atoms. The molecule has 2 saturated heterocycles. The van der Waals surface area contributed by atoms with Gasteiger partial charge in [0.2, 0.25) is 0 Å². The topological polar surface area (TPSA) is 81.6 Å². The lowest BCUT2D eigenvalue weighted by Crippen LogP contribution is -2.45. The van der Waals surface area contributed by atoms with E-state index in [1.54, 1.807) is 0 Å². The number of hydrogen-bond donors (Lipinski definition) is 3. The fourth-order valence-electron chi connectivity index (χ4n) is 4.69. The van der Waals surface area contributed by atoms with E-state index in [0.717, 1.165) is 61.4 Å². The van der Waals surface area contributed by atoms with E-state index in [2.05, 4.69) is 49.0 Å². The number of anilines is 2. The number of piperidine rings is 2. The van der Waals surface area contributed by atoms with Crippen molar-refractivity contribution in [1.29, 1.82) is 0 Å². The first-order chi connectivity index (χ1) is 15.3. The van der Waals surface area contributed by atoms with Crippen molar-refractivity contribution in [2.75, 3.05) is 43.1 Å². The largest absolute Gasteiger partial charge is 0.370 e. The molecule has 4 heterocycles. The molecular weight excluding hydrogens is 388 g/mol. The van der Waals surface area contributed by atoms with Gasteiger partial charge in [0.25, 0.3) is 5.91 Å². The van der Waals surface area contributed by atoms with Gasteiger partial charge in [-0.25, -0.2) is 0 Å². The molecule has 1 amide bonds. The average molecular weight is 419 g/mol. The average Bonchev–Trinajstić information content (AvgIpc) is 2.84. The van der Waals surface area contributed by atoms with Crippen LogP contribution in [0.25, 0.3) is 11.1 Å². The minimum Gasteiger partial charge on any atom is -0.370 e. The number of aromatic nitrogens is 1. The Bertz CT molecular complexity index is 976. The van der Waals surface area contributed by atoms with Crippen molar-refractivity contribution in [3.05, 3.63) is 42.2 Å². The fraction of sp³-hybridized carbons (Fsp3) is 0.458. The second-order valence-corrected chi connectivity index (χ2v) is 8.58. The number of hydrogen-bond acceptors (Lipinski definition) is 6. The zero-order chi connectivity index (χ0) is 21.0. The Kier molecular flexibility index (Phi) is 5.84.